The van der Waals surface area contributed by atoms with Crippen LogP contribution in [-0.4, -0.2) is 48.7 Å². The van der Waals surface area contributed by atoms with E-state index in [4.69, 9.17) is 4.98 Å². The first-order valence-electron chi connectivity index (χ1n) is 9.86. The molecule has 0 aliphatic heterocycles. The summed E-state index contributed by atoms with van der Waals surface area (Å²) in [6.45, 7) is 7.75. The van der Waals surface area contributed by atoms with Gasteiger partial charge in [-0.2, -0.15) is 0 Å². The van der Waals surface area contributed by atoms with E-state index in [2.05, 4.69) is 62.1 Å². The molecule has 1 aromatic heterocycles. The molecular weight excluding hydrogens is 398 g/mol. The Kier molecular flexibility index (Phi) is 7.33. The maximum atomic E-state index is 13.1. The number of carbonyl (C=O) groups is 1. The van der Waals surface area contributed by atoms with Crippen LogP contribution in [0, 0.1) is 20.8 Å². The molecule has 0 N–H and O–H groups in total. The summed E-state index contributed by atoms with van der Waals surface area (Å²) in [5.74, 6) is 0.906. The third-order valence-corrected chi connectivity index (χ3v) is 7.04. The fourth-order valence-corrected chi connectivity index (χ4v) is 4.89. The summed E-state index contributed by atoms with van der Waals surface area (Å²) in [5.41, 5.74) is 4.69. The SMILES string of the molecule is Cc1ccc(SCCC(=O)N(CCN(C)C)c2nc3c(C)c(C)ccc3s2)cc1. The predicted octanol–water partition coefficient (Wildman–Crippen LogP) is 5.30. The zero-order valence-electron chi connectivity index (χ0n) is 17.9. The van der Waals surface area contributed by atoms with Crippen LogP contribution in [0.25, 0.3) is 10.2 Å². The van der Waals surface area contributed by atoms with Gasteiger partial charge >= 0.3 is 0 Å². The van der Waals surface area contributed by atoms with E-state index < -0.39 is 0 Å². The lowest BCUT2D eigenvalue weighted by molar-refractivity contribution is -0.118. The fraction of sp³-hybridized carbons (Fsp3) is 0.391. The van der Waals surface area contributed by atoms with Crippen LogP contribution < -0.4 is 4.90 Å². The van der Waals surface area contributed by atoms with Crippen LogP contribution in [0.15, 0.2) is 41.3 Å². The van der Waals surface area contributed by atoms with Crippen molar-refractivity contribution in [2.24, 2.45) is 0 Å². The van der Waals surface area contributed by atoms with Crippen LogP contribution in [-0.2, 0) is 4.79 Å². The van der Waals surface area contributed by atoms with E-state index >= 15 is 0 Å². The standard InChI is InChI=1S/C23H29N3OS2/c1-16-6-9-19(10-7-16)28-15-12-21(27)26(14-13-25(4)5)23-24-22-18(3)17(2)8-11-20(22)29-23/h6-11H,12-15H2,1-5H3. The Bertz CT molecular complexity index is 980. The number of carbonyl (C=O) groups excluding carboxylic acids is 1. The quantitative estimate of drug-likeness (QED) is 0.457. The van der Waals surface area contributed by atoms with Crippen molar-refractivity contribution in [1.29, 1.82) is 0 Å². The van der Waals surface area contributed by atoms with Gasteiger partial charge in [-0.1, -0.05) is 35.1 Å². The monoisotopic (exact) mass is 427 g/mol. The van der Waals surface area contributed by atoms with Crippen molar-refractivity contribution in [3.63, 3.8) is 0 Å². The van der Waals surface area contributed by atoms with Crippen molar-refractivity contribution in [2.45, 2.75) is 32.1 Å². The molecule has 6 heteroatoms. The van der Waals surface area contributed by atoms with Gasteiger partial charge in [-0.3, -0.25) is 9.69 Å². The molecule has 0 spiro atoms. The normalized spacial score (nSPS) is 11.4. The highest BCUT2D eigenvalue weighted by molar-refractivity contribution is 7.99. The van der Waals surface area contributed by atoms with Crippen LogP contribution in [0.3, 0.4) is 0 Å². The van der Waals surface area contributed by atoms with E-state index in [0.717, 1.165) is 27.6 Å². The largest absolute Gasteiger partial charge is 0.308 e. The molecule has 0 saturated carbocycles. The summed E-state index contributed by atoms with van der Waals surface area (Å²) in [5, 5.41) is 0.806. The Labute approximate surface area is 181 Å². The van der Waals surface area contributed by atoms with Gasteiger partial charge < -0.3 is 4.90 Å². The lowest BCUT2D eigenvalue weighted by Gasteiger charge is -2.22. The molecular formula is C23H29N3OS2. The van der Waals surface area contributed by atoms with Crippen LogP contribution >= 0.6 is 23.1 Å². The predicted molar refractivity (Wildman–Crippen MR) is 127 cm³/mol. The van der Waals surface area contributed by atoms with E-state index in [1.165, 1.54) is 21.6 Å². The Morgan fingerprint density at radius 1 is 1.03 bits per heavy atom. The number of hydrogen-bond acceptors (Lipinski definition) is 5. The van der Waals surface area contributed by atoms with E-state index in [1.54, 1.807) is 23.1 Å². The summed E-state index contributed by atoms with van der Waals surface area (Å²) < 4.78 is 1.14. The number of fused-ring (bicyclic) bond motifs is 1. The minimum Gasteiger partial charge on any atom is -0.308 e. The van der Waals surface area contributed by atoms with Crippen molar-refractivity contribution in [3.8, 4) is 0 Å². The highest BCUT2D eigenvalue weighted by Crippen LogP contribution is 2.32. The summed E-state index contributed by atoms with van der Waals surface area (Å²) in [7, 11) is 4.06. The number of amides is 1. The number of likely N-dealkylation sites (N-methyl/N-ethyl adjacent to an activating group) is 1. The first-order valence-corrected chi connectivity index (χ1v) is 11.7. The molecule has 0 aliphatic carbocycles. The summed E-state index contributed by atoms with van der Waals surface area (Å²) >= 11 is 3.34. The van der Waals surface area contributed by atoms with E-state index in [1.807, 2.05) is 19.0 Å². The van der Waals surface area contributed by atoms with Gasteiger partial charge in [0.25, 0.3) is 0 Å². The molecule has 4 nitrogen and oxygen atoms in total. The molecule has 3 aromatic rings. The van der Waals surface area contributed by atoms with Crippen molar-refractivity contribution < 1.29 is 4.79 Å². The number of rotatable bonds is 8. The fourth-order valence-electron chi connectivity index (χ4n) is 2.98. The average molecular weight is 428 g/mol. The second kappa shape index (κ2) is 9.74. The Hall–Kier alpha value is -1.89. The van der Waals surface area contributed by atoms with Gasteiger partial charge in [0.05, 0.1) is 10.2 Å². The van der Waals surface area contributed by atoms with Gasteiger partial charge in [-0.25, -0.2) is 4.98 Å². The third kappa shape index (κ3) is 5.59. The number of aryl methyl sites for hydroxylation is 3. The van der Waals surface area contributed by atoms with E-state index in [0.29, 0.717) is 13.0 Å². The summed E-state index contributed by atoms with van der Waals surface area (Å²) in [6.07, 6.45) is 0.500. The van der Waals surface area contributed by atoms with Crippen LogP contribution in [0.2, 0.25) is 0 Å². The second-order valence-corrected chi connectivity index (χ2v) is 9.79. The Balaban J connectivity index is 1.74. The molecule has 0 atom stereocenters. The smallest absolute Gasteiger partial charge is 0.229 e. The van der Waals surface area contributed by atoms with Crippen molar-refractivity contribution in [3.05, 3.63) is 53.1 Å². The van der Waals surface area contributed by atoms with Gasteiger partial charge in [0.15, 0.2) is 5.13 Å². The topological polar surface area (TPSA) is 36.4 Å². The molecule has 2 aromatic carbocycles. The van der Waals surface area contributed by atoms with Gasteiger partial charge in [0.1, 0.15) is 0 Å². The molecule has 29 heavy (non-hydrogen) atoms. The number of anilines is 1. The van der Waals surface area contributed by atoms with E-state index in [9.17, 15) is 4.79 Å². The summed E-state index contributed by atoms with van der Waals surface area (Å²) in [6, 6.07) is 12.7. The van der Waals surface area contributed by atoms with Gasteiger partial charge in [0, 0.05) is 30.2 Å². The number of hydrogen-bond donors (Lipinski definition) is 0. The highest BCUT2D eigenvalue weighted by atomic mass is 32.2. The van der Waals surface area contributed by atoms with E-state index in [-0.39, 0.29) is 5.91 Å². The van der Waals surface area contributed by atoms with Gasteiger partial charge in [0.2, 0.25) is 5.91 Å². The molecule has 0 saturated heterocycles. The van der Waals surface area contributed by atoms with Crippen molar-refractivity contribution in [2.75, 3.05) is 37.8 Å². The number of aromatic nitrogens is 1. The average Bonchev–Trinajstić information content (AvgIpc) is 3.11. The first-order chi connectivity index (χ1) is 13.8. The van der Waals surface area contributed by atoms with Crippen LogP contribution in [0.1, 0.15) is 23.1 Å². The number of nitrogens with zero attached hydrogens (tertiary/aromatic N) is 3. The van der Waals surface area contributed by atoms with Gasteiger partial charge in [-0.15, -0.1) is 11.8 Å². The van der Waals surface area contributed by atoms with Gasteiger partial charge in [-0.05, 0) is 64.2 Å². The van der Waals surface area contributed by atoms with Crippen LogP contribution in [0.5, 0.6) is 0 Å². The number of thioether (sulfide) groups is 1. The first kappa shape index (κ1) is 21.8. The summed E-state index contributed by atoms with van der Waals surface area (Å²) in [4.78, 5) is 23.1. The van der Waals surface area contributed by atoms with Crippen LogP contribution in [0.4, 0.5) is 5.13 Å². The number of benzene rings is 2. The molecule has 0 bridgehead atoms. The molecule has 3 rings (SSSR count). The minimum atomic E-state index is 0.139. The molecule has 0 aliphatic rings. The lowest BCUT2D eigenvalue weighted by atomic mass is 10.1. The third-order valence-electron chi connectivity index (χ3n) is 4.98. The molecule has 0 unspecified atom stereocenters. The lowest BCUT2D eigenvalue weighted by Crippen LogP contribution is -2.36. The molecule has 0 fully saturated rings. The molecule has 0 radical (unpaired) electrons. The number of thiazole rings is 1. The molecule has 1 amide bonds. The maximum Gasteiger partial charge on any atom is 0.229 e. The zero-order chi connectivity index (χ0) is 21.0. The zero-order valence-corrected chi connectivity index (χ0v) is 19.5. The maximum absolute atomic E-state index is 13.1. The molecule has 154 valence electrons. The molecule has 1 heterocycles. The Morgan fingerprint density at radius 3 is 2.45 bits per heavy atom. The highest BCUT2D eigenvalue weighted by Gasteiger charge is 2.20. The van der Waals surface area contributed by atoms with Crippen molar-refractivity contribution >= 4 is 44.4 Å². The minimum absolute atomic E-state index is 0.139. The Morgan fingerprint density at radius 2 is 1.76 bits per heavy atom. The second-order valence-electron chi connectivity index (χ2n) is 7.61. The van der Waals surface area contributed by atoms with Crippen molar-refractivity contribution in [1.82, 2.24) is 9.88 Å².